The largest absolute Gasteiger partial charge is 0.497 e. The average Bonchev–Trinajstić information content (AvgIpc) is 3.39. The van der Waals surface area contributed by atoms with E-state index in [2.05, 4.69) is 0 Å². The zero-order chi connectivity index (χ0) is 27.2. The number of rotatable bonds is 6. The van der Waals surface area contributed by atoms with E-state index < -0.39 is 27.4 Å². The molecule has 38 heavy (non-hydrogen) atoms. The van der Waals surface area contributed by atoms with E-state index >= 15 is 0 Å². The summed E-state index contributed by atoms with van der Waals surface area (Å²) in [7, 11) is -1.26. The SMILES string of the molecule is CCOC(=O)C1=C(c2ccccc2)N(S(=O)(=O)c2ccc(C)cc2)C2(C1)C(=O)N(C)c1ccc(OC)cc12. The van der Waals surface area contributed by atoms with E-state index in [1.165, 1.54) is 24.1 Å². The van der Waals surface area contributed by atoms with Crippen LogP contribution in [-0.4, -0.2) is 45.4 Å². The molecule has 5 rings (SSSR count). The minimum atomic E-state index is -4.37. The first-order valence-electron chi connectivity index (χ1n) is 12.2. The van der Waals surface area contributed by atoms with E-state index in [0.717, 1.165) is 9.87 Å². The molecule has 9 heteroatoms. The highest BCUT2D eigenvalue weighted by atomic mass is 32.2. The van der Waals surface area contributed by atoms with E-state index in [1.54, 1.807) is 74.6 Å². The van der Waals surface area contributed by atoms with Crippen LogP contribution in [0.1, 0.15) is 30.0 Å². The summed E-state index contributed by atoms with van der Waals surface area (Å²) in [6.07, 6.45) is -0.190. The van der Waals surface area contributed by atoms with Crippen LogP contribution >= 0.6 is 0 Å². The highest BCUT2D eigenvalue weighted by Gasteiger charge is 2.63. The van der Waals surface area contributed by atoms with Crippen molar-refractivity contribution in [2.24, 2.45) is 0 Å². The number of ether oxygens (including phenoxy) is 2. The number of hydrogen-bond donors (Lipinski definition) is 0. The first kappa shape index (κ1) is 25.5. The van der Waals surface area contributed by atoms with Crippen molar-refractivity contribution in [3.63, 3.8) is 0 Å². The molecule has 1 unspecified atom stereocenters. The predicted molar refractivity (Wildman–Crippen MR) is 143 cm³/mol. The lowest BCUT2D eigenvalue weighted by Crippen LogP contribution is -2.51. The van der Waals surface area contributed by atoms with Crippen molar-refractivity contribution in [3.05, 3.63) is 95.1 Å². The van der Waals surface area contributed by atoms with Crippen molar-refractivity contribution in [1.82, 2.24) is 4.31 Å². The van der Waals surface area contributed by atoms with Crippen LogP contribution in [-0.2, 0) is 29.9 Å². The number of esters is 1. The van der Waals surface area contributed by atoms with Crippen molar-refractivity contribution in [1.29, 1.82) is 0 Å². The normalized spacial score (nSPS) is 18.8. The molecule has 3 aromatic rings. The number of nitrogens with zero attached hydrogens (tertiary/aromatic N) is 2. The Morgan fingerprint density at radius 1 is 1.03 bits per heavy atom. The summed E-state index contributed by atoms with van der Waals surface area (Å²) in [6.45, 7) is 3.64. The van der Waals surface area contributed by atoms with Crippen molar-refractivity contribution >= 4 is 33.3 Å². The third kappa shape index (κ3) is 3.68. The van der Waals surface area contributed by atoms with Gasteiger partial charge in [0, 0.05) is 24.7 Å². The zero-order valence-corrected chi connectivity index (χ0v) is 22.4. The number of hydrogen-bond acceptors (Lipinski definition) is 6. The van der Waals surface area contributed by atoms with Crippen LogP contribution in [0.15, 0.2) is 83.3 Å². The number of likely N-dealkylation sites (N-methyl/N-ethyl adjacent to an activating group) is 1. The number of sulfonamides is 1. The molecule has 0 bridgehead atoms. The Balaban J connectivity index is 1.88. The maximum atomic E-state index is 14.6. The number of fused-ring (bicyclic) bond motifs is 2. The van der Waals surface area contributed by atoms with E-state index in [-0.39, 0.29) is 29.2 Å². The fraction of sp³-hybridized carbons (Fsp3) is 0.241. The average molecular weight is 533 g/mol. The Hall–Kier alpha value is -4.11. The number of carbonyl (C=O) groups excluding carboxylic acids is 2. The van der Waals surface area contributed by atoms with Crippen LogP contribution in [0.4, 0.5) is 5.69 Å². The smallest absolute Gasteiger partial charge is 0.336 e. The van der Waals surface area contributed by atoms with Crippen LogP contribution in [0.25, 0.3) is 5.70 Å². The Bertz CT molecular complexity index is 1560. The fourth-order valence-corrected chi connectivity index (χ4v) is 7.07. The van der Waals surface area contributed by atoms with Crippen molar-refractivity contribution < 1.29 is 27.5 Å². The summed E-state index contributed by atoms with van der Waals surface area (Å²) in [5, 5.41) is 0. The van der Waals surface area contributed by atoms with Crippen LogP contribution in [0.5, 0.6) is 5.75 Å². The molecular weight excluding hydrogens is 504 g/mol. The number of methoxy groups -OCH3 is 1. The Morgan fingerprint density at radius 3 is 2.34 bits per heavy atom. The molecule has 0 radical (unpaired) electrons. The van der Waals surface area contributed by atoms with Gasteiger partial charge in [0.25, 0.3) is 15.9 Å². The van der Waals surface area contributed by atoms with Crippen LogP contribution in [0.2, 0.25) is 0 Å². The number of benzene rings is 3. The van der Waals surface area contributed by atoms with E-state index in [1.807, 2.05) is 6.92 Å². The first-order valence-corrected chi connectivity index (χ1v) is 13.6. The molecule has 1 atom stereocenters. The molecule has 196 valence electrons. The molecule has 0 N–H and O–H groups in total. The van der Waals surface area contributed by atoms with E-state index in [4.69, 9.17) is 9.47 Å². The summed E-state index contributed by atoms with van der Waals surface area (Å²) in [5.41, 5.74) is 0.835. The van der Waals surface area contributed by atoms with Gasteiger partial charge in [0.05, 0.1) is 29.9 Å². The Kier molecular flexibility index (Phi) is 6.27. The molecule has 3 aromatic carbocycles. The molecule has 0 saturated heterocycles. The third-order valence-corrected chi connectivity index (χ3v) is 8.91. The van der Waals surface area contributed by atoms with Gasteiger partial charge in [0.15, 0.2) is 5.54 Å². The van der Waals surface area contributed by atoms with Crippen LogP contribution < -0.4 is 9.64 Å². The third-order valence-electron chi connectivity index (χ3n) is 7.07. The minimum absolute atomic E-state index is 0.00724. The molecular formula is C29H28N2O6S. The van der Waals surface area contributed by atoms with Gasteiger partial charge in [-0.1, -0.05) is 48.0 Å². The molecule has 1 amide bonds. The zero-order valence-electron chi connectivity index (χ0n) is 21.6. The number of aryl methyl sites for hydroxylation is 1. The molecule has 0 aromatic heterocycles. The summed E-state index contributed by atoms with van der Waals surface area (Å²) >= 11 is 0. The fourth-order valence-electron chi connectivity index (χ4n) is 5.28. The van der Waals surface area contributed by atoms with E-state index in [9.17, 15) is 18.0 Å². The maximum Gasteiger partial charge on any atom is 0.336 e. The van der Waals surface area contributed by atoms with Gasteiger partial charge in [0.1, 0.15) is 5.75 Å². The maximum absolute atomic E-state index is 14.6. The standard InChI is InChI=1S/C29H28N2O6S/c1-5-37-27(32)23-18-29(24-17-21(36-4)13-16-25(24)30(3)28(29)33)31(26(23)20-9-7-6-8-10-20)38(34,35)22-14-11-19(2)12-15-22/h6-17H,5,18H2,1-4H3. The predicted octanol–water partition coefficient (Wildman–Crippen LogP) is 4.24. The number of amides is 1. The summed E-state index contributed by atoms with van der Waals surface area (Å²) in [6, 6.07) is 20.3. The van der Waals surface area contributed by atoms with Crippen molar-refractivity contribution in [3.8, 4) is 5.75 Å². The van der Waals surface area contributed by atoms with Crippen LogP contribution in [0.3, 0.4) is 0 Å². The van der Waals surface area contributed by atoms with Crippen molar-refractivity contribution in [2.45, 2.75) is 30.7 Å². The van der Waals surface area contributed by atoms with Gasteiger partial charge in [-0.25, -0.2) is 17.5 Å². The summed E-state index contributed by atoms with van der Waals surface area (Å²) in [5.74, 6) is -0.673. The second-order valence-corrected chi connectivity index (χ2v) is 11.1. The van der Waals surface area contributed by atoms with Gasteiger partial charge in [-0.15, -0.1) is 0 Å². The molecule has 1 spiro atoms. The second kappa shape index (κ2) is 9.33. The van der Waals surface area contributed by atoms with Gasteiger partial charge >= 0.3 is 5.97 Å². The number of anilines is 1. The highest BCUT2D eigenvalue weighted by molar-refractivity contribution is 7.89. The number of carbonyl (C=O) groups is 2. The van der Waals surface area contributed by atoms with Gasteiger partial charge in [-0.2, -0.15) is 0 Å². The molecule has 8 nitrogen and oxygen atoms in total. The molecule has 0 saturated carbocycles. The highest BCUT2D eigenvalue weighted by Crippen LogP contribution is 2.57. The molecule has 2 heterocycles. The summed E-state index contributed by atoms with van der Waals surface area (Å²) in [4.78, 5) is 29.1. The topological polar surface area (TPSA) is 93.2 Å². The van der Waals surface area contributed by atoms with Crippen molar-refractivity contribution in [2.75, 3.05) is 25.7 Å². The van der Waals surface area contributed by atoms with E-state index in [0.29, 0.717) is 22.6 Å². The lowest BCUT2D eigenvalue weighted by Gasteiger charge is -2.36. The monoisotopic (exact) mass is 532 g/mol. The molecule has 0 fully saturated rings. The second-order valence-electron chi connectivity index (χ2n) is 9.28. The van der Waals surface area contributed by atoms with Gasteiger partial charge in [-0.05, 0) is 49.7 Å². The Morgan fingerprint density at radius 2 is 1.71 bits per heavy atom. The molecule has 2 aliphatic rings. The first-order chi connectivity index (χ1) is 18.2. The van der Waals surface area contributed by atoms with Gasteiger partial charge in [0.2, 0.25) is 0 Å². The lowest BCUT2D eigenvalue weighted by atomic mass is 9.87. The van der Waals surface area contributed by atoms with Crippen LogP contribution in [0, 0.1) is 6.92 Å². The lowest BCUT2D eigenvalue weighted by molar-refractivity contribution is -0.138. The summed E-state index contributed by atoms with van der Waals surface area (Å²) < 4.78 is 41.1. The molecule has 2 aliphatic heterocycles. The molecule has 0 aliphatic carbocycles. The van der Waals surface area contributed by atoms with Gasteiger partial charge in [-0.3, -0.25) is 4.79 Å². The minimum Gasteiger partial charge on any atom is -0.497 e. The van der Waals surface area contributed by atoms with Gasteiger partial charge < -0.3 is 14.4 Å². The quantitative estimate of drug-likeness (QED) is 0.441. The Labute approximate surface area is 222 Å².